The summed E-state index contributed by atoms with van der Waals surface area (Å²) in [5.74, 6) is 1.66. The number of amides is 1. The predicted molar refractivity (Wildman–Crippen MR) is 102 cm³/mol. The normalized spacial score (nSPS) is 20.3. The van der Waals surface area contributed by atoms with E-state index in [9.17, 15) is 13.2 Å². The molecule has 8 heteroatoms. The van der Waals surface area contributed by atoms with E-state index in [1.165, 1.54) is 5.56 Å². The zero-order valence-corrected chi connectivity index (χ0v) is 16.1. The third kappa shape index (κ3) is 4.00. The van der Waals surface area contributed by atoms with Gasteiger partial charge in [-0.15, -0.1) is 0 Å². The first-order valence-electron chi connectivity index (χ1n) is 9.21. The minimum Gasteiger partial charge on any atom is -0.493 e. The molecule has 2 aromatic rings. The number of hydrogen-bond donors (Lipinski definition) is 1. The van der Waals surface area contributed by atoms with Crippen molar-refractivity contribution >= 4 is 21.6 Å². The lowest BCUT2D eigenvalue weighted by molar-refractivity contribution is -0.116. The second-order valence-corrected chi connectivity index (χ2v) is 9.49. The van der Waals surface area contributed by atoms with Crippen molar-refractivity contribution in [2.45, 2.75) is 38.6 Å². The maximum Gasteiger partial charge on any atom is 0.225 e. The molecule has 2 aliphatic rings. The number of fused-ring (bicyclic) bond motifs is 1. The van der Waals surface area contributed by atoms with Crippen molar-refractivity contribution in [3.05, 3.63) is 41.1 Å². The van der Waals surface area contributed by atoms with Gasteiger partial charge in [-0.05, 0) is 37.0 Å². The molecule has 1 fully saturated rings. The molecule has 0 radical (unpaired) electrons. The number of sulfone groups is 1. The van der Waals surface area contributed by atoms with Crippen LogP contribution in [0.15, 0.2) is 24.3 Å². The summed E-state index contributed by atoms with van der Waals surface area (Å²) in [6.45, 7) is 2.56. The number of aryl methyl sites for hydroxylation is 2. The Balaban J connectivity index is 1.40. The molecule has 1 amide bonds. The quantitative estimate of drug-likeness (QED) is 0.845. The average Bonchev–Trinajstić information content (AvgIpc) is 3.31. The lowest BCUT2D eigenvalue weighted by atomic mass is 10.0. The Hall–Kier alpha value is -2.35. The molecule has 1 aromatic heterocycles. The van der Waals surface area contributed by atoms with E-state index in [-0.39, 0.29) is 23.5 Å². The molecule has 27 heavy (non-hydrogen) atoms. The fraction of sp³-hybridized carbons (Fsp3) is 0.474. The molecular weight excluding hydrogens is 366 g/mol. The van der Waals surface area contributed by atoms with Gasteiger partial charge in [0.2, 0.25) is 5.91 Å². The van der Waals surface area contributed by atoms with E-state index in [2.05, 4.69) is 16.5 Å². The van der Waals surface area contributed by atoms with E-state index in [0.717, 1.165) is 30.0 Å². The standard InChI is InChI=1S/C19H23N3O4S/c1-13-10-18(22(21-13)16-7-9-27(24,25)12-16)20-19(23)5-3-14-2-4-17-15(11-14)6-8-26-17/h2,4,10-11,16H,3,5-9,12H2,1H3,(H,20,23)/t16-/m0/s1. The molecule has 1 N–H and O–H groups in total. The van der Waals surface area contributed by atoms with E-state index in [1.54, 1.807) is 10.7 Å². The van der Waals surface area contributed by atoms with Crippen LogP contribution in [0.25, 0.3) is 0 Å². The van der Waals surface area contributed by atoms with Crippen LogP contribution in [0, 0.1) is 6.92 Å². The van der Waals surface area contributed by atoms with Crippen molar-refractivity contribution < 1.29 is 17.9 Å². The summed E-state index contributed by atoms with van der Waals surface area (Å²) in [6, 6.07) is 7.64. The van der Waals surface area contributed by atoms with Gasteiger partial charge in [-0.1, -0.05) is 12.1 Å². The molecular formula is C19H23N3O4S. The van der Waals surface area contributed by atoms with Gasteiger partial charge in [0.05, 0.1) is 29.8 Å². The SMILES string of the molecule is Cc1cc(NC(=O)CCc2ccc3c(c2)CCO3)n([C@H]2CCS(=O)(=O)C2)n1. The summed E-state index contributed by atoms with van der Waals surface area (Å²) in [5, 5.41) is 7.29. The topological polar surface area (TPSA) is 90.3 Å². The number of rotatable bonds is 5. The summed E-state index contributed by atoms with van der Waals surface area (Å²) in [6.07, 6.45) is 2.44. The van der Waals surface area contributed by atoms with Crippen molar-refractivity contribution in [3.63, 3.8) is 0 Å². The van der Waals surface area contributed by atoms with Gasteiger partial charge < -0.3 is 10.1 Å². The van der Waals surface area contributed by atoms with Crippen LogP contribution in [0.3, 0.4) is 0 Å². The highest BCUT2D eigenvalue weighted by Gasteiger charge is 2.31. The zero-order chi connectivity index (χ0) is 19.0. The maximum atomic E-state index is 12.4. The van der Waals surface area contributed by atoms with Gasteiger partial charge in [0.15, 0.2) is 9.84 Å². The van der Waals surface area contributed by atoms with Crippen molar-refractivity contribution in [3.8, 4) is 5.75 Å². The average molecular weight is 389 g/mol. The third-order valence-corrected chi connectivity index (χ3v) is 6.82. The largest absolute Gasteiger partial charge is 0.493 e. The summed E-state index contributed by atoms with van der Waals surface area (Å²) >= 11 is 0. The van der Waals surface area contributed by atoms with Crippen LogP contribution in [-0.4, -0.2) is 42.2 Å². The van der Waals surface area contributed by atoms with Gasteiger partial charge in [-0.3, -0.25) is 4.79 Å². The van der Waals surface area contributed by atoms with Crippen molar-refractivity contribution in [2.24, 2.45) is 0 Å². The molecule has 0 unspecified atom stereocenters. The van der Waals surface area contributed by atoms with Gasteiger partial charge in [0.1, 0.15) is 11.6 Å². The first-order valence-corrected chi connectivity index (χ1v) is 11.0. The highest BCUT2D eigenvalue weighted by Crippen LogP contribution is 2.28. The fourth-order valence-electron chi connectivity index (χ4n) is 3.72. The number of nitrogens with one attached hydrogen (secondary N) is 1. The summed E-state index contributed by atoms with van der Waals surface area (Å²) < 4.78 is 30.7. The van der Waals surface area contributed by atoms with Crippen LogP contribution in [0.1, 0.15) is 35.7 Å². The van der Waals surface area contributed by atoms with E-state index in [4.69, 9.17) is 4.74 Å². The molecule has 3 heterocycles. The fourth-order valence-corrected chi connectivity index (χ4v) is 5.41. The van der Waals surface area contributed by atoms with Gasteiger partial charge in [0.25, 0.3) is 0 Å². The van der Waals surface area contributed by atoms with Crippen LogP contribution in [0.4, 0.5) is 5.82 Å². The zero-order valence-electron chi connectivity index (χ0n) is 15.3. The van der Waals surface area contributed by atoms with Crippen LogP contribution < -0.4 is 10.1 Å². The Morgan fingerprint density at radius 2 is 2.22 bits per heavy atom. The molecule has 1 aromatic carbocycles. The lowest BCUT2D eigenvalue weighted by Gasteiger charge is -2.14. The summed E-state index contributed by atoms with van der Waals surface area (Å²) in [4.78, 5) is 12.4. The van der Waals surface area contributed by atoms with Crippen LogP contribution >= 0.6 is 0 Å². The minimum absolute atomic E-state index is 0.0776. The predicted octanol–water partition coefficient (Wildman–Crippen LogP) is 2.06. The van der Waals surface area contributed by atoms with Crippen molar-refractivity contribution in [2.75, 3.05) is 23.4 Å². The van der Waals surface area contributed by atoms with Crippen LogP contribution in [-0.2, 0) is 27.5 Å². The molecule has 2 aliphatic heterocycles. The summed E-state index contributed by atoms with van der Waals surface area (Å²) in [7, 11) is -3.01. The van der Waals surface area contributed by atoms with E-state index >= 15 is 0 Å². The second kappa shape index (κ2) is 6.99. The molecule has 0 spiro atoms. The molecule has 1 saturated heterocycles. The highest BCUT2D eigenvalue weighted by atomic mass is 32.2. The number of carbonyl (C=O) groups is 1. The number of anilines is 1. The molecule has 0 bridgehead atoms. The van der Waals surface area contributed by atoms with Gasteiger partial charge in [-0.25, -0.2) is 13.1 Å². The number of aromatic nitrogens is 2. The van der Waals surface area contributed by atoms with Gasteiger partial charge in [-0.2, -0.15) is 5.10 Å². The molecule has 144 valence electrons. The molecule has 0 aliphatic carbocycles. The first-order chi connectivity index (χ1) is 12.9. The Bertz CT molecular complexity index is 981. The molecule has 4 rings (SSSR count). The number of carbonyl (C=O) groups excluding carboxylic acids is 1. The number of ether oxygens (including phenoxy) is 1. The molecule has 0 saturated carbocycles. The van der Waals surface area contributed by atoms with E-state index in [0.29, 0.717) is 25.1 Å². The second-order valence-electron chi connectivity index (χ2n) is 7.26. The maximum absolute atomic E-state index is 12.4. The van der Waals surface area contributed by atoms with Crippen molar-refractivity contribution in [1.82, 2.24) is 9.78 Å². The summed E-state index contributed by atoms with van der Waals surface area (Å²) in [5.41, 5.74) is 3.07. The van der Waals surface area contributed by atoms with Gasteiger partial charge in [0, 0.05) is 18.9 Å². The third-order valence-electron chi connectivity index (χ3n) is 5.07. The first kappa shape index (κ1) is 18.0. The van der Waals surface area contributed by atoms with E-state index < -0.39 is 9.84 Å². The number of benzene rings is 1. The monoisotopic (exact) mass is 389 g/mol. The number of nitrogens with zero attached hydrogens (tertiary/aromatic N) is 2. The Kier molecular flexibility index (Phi) is 4.67. The smallest absolute Gasteiger partial charge is 0.225 e. The highest BCUT2D eigenvalue weighted by molar-refractivity contribution is 7.91. The molecule has 1 atom stereocenters. The Morgan fingerprint density at radius 1 is 1.37 bits per heavy atom. The van der Waals surface area contributed by atoms with Crippen LogP contribution in [0.2, 0.25) is 0 Å². The lowest BCUT2D eigenvalue weighted by Crippen LogP contribution is -2.19. The minimum atomic E-state index is -3.01. The van der Waals surface area contributed by atoms with E-state index in [1.807, 2.05) is 19.1 Å². The Labute approximate surface area is 158 Å². The van der Waals surface area contributed by atoms with Crippen molar-refractivity contribution in [1.29, 1.82) is 0 Å². The van der Waals surface area contributed by atoms with Crippen LogP contribution in [0.5, 0.6) is 5.75 Å². The van der Waals surface area contributed by atoms with Gasteiger partial charge >= 0.3 is 0 Å². The number of hydrogen-bond acceptors (Lipinski definition) is 5. The Morgan fingerprint density at radius 3 is 3.00 bits per heavy atom. The molecule has 7 nitrogen and oxygen atoms in total.